The number of carbonyl (C=O) groups is 4. The molecular formula is C38H50N2O11. The molecule has 14 atom stereocenters. The van der Waals surface area contributed by atoms with E-state index < -0.39 is 70.2 Å². The quantitative estimate of drug-likeness (QED) is 0.284. The molecule has 5 saturated carbocycles. The molecule has 0 radical (unpaired) electrons. The minimum absolute atomic E-state index is 0.0104. The van der Waals surface area contributed by atoms with Gasteiger partial charge in [0.15, 0.2) is 0 Å². The Hall–Kier alpha value is -2.94. The van der Waals surface area contributed by atoms with Gasteiger partial charge in [0, 0.05) is 82.1 Å². The van der Waals surface area contributed by atoms with E-state index in [9.17, 15) is 29.4 Å². The molecule has 13 nitrogen and oxygen atoms in total. The van der Waals surface area contributed by atoms with Gasteiger partial charge in [0.05, 0.1) is 42.2 Å². The molecule has 1 aromatic rings. The van der Waals surface area contributed by atoms with Crippen LogP contribution in [0.2, 0.25) is 0 Å². The van der Waals surface area contributed by atoms with Gasteiger partial charge >= 0.3 is 11.9 Å². The van der Waals surface area contributed by atoms with Crippen molar-refractivity contribution in [2.45, 2.75) is 94.5 Å². The number of likely N-dealkylation sites (N-methyl/N-ethyl adjacent to an activating group) is 1. The summed E-state index contributed by atoms with van der Waals surface area (Å²) >= 11 is 0. The number of imide groups is 1. The summed E-state index contributed by atoms with van der Waals surface area (Å²) < 4.78 is 31.1. The third-order valence-electron chi connectivity index (χ3n) is 14.5. The van der Waals surface area contributed by atoms with E-state index >= 15 is 0 Å². The minimum atomic E-state index is -1.82. The fourth-order valence-corrected chi connectivity index (χ4v) is 13.2. The summed E-state index contributed by atoms with van der Waals surface area (Å²) in [7, 11) is 4.88. The van der Waals surface area contributed by atoms with Crippen LogP contribution in [0.5, 0.6) is 0 Å². The van der Waals surface area contributed by atoms with E-state index in [4.69, 9.17) is 23.7 Å². The van der Waals surface area contributed by atoms with Crippen molar-refractivity contribution in [3.63, 3.8) is 0 Å². The van der Waals surface area contributed by atoms with Gasteiger partial charge in [-0.25, -0.2) is 9.69 Å². The van der Waals surface area contributed by atoms with Crippen molar-refractivity contribution in [2.24, 2.45) is 40.4 Å². The Morgan fingerprint density at radius 3 is 2.43 bits per heavy atom. The number of hydrogen-bond acceptors (Lipinski definition) is 12. The third kappa shape index (κ3) is 4.19. The summed E-state index contributed by atoms with van der Waals surface area (Å²) in [4.78, 5) is 55.6. The summed E-state index contributed by atoms with van der Waals surface area (Å²) in [5, 5.41) is 26.7. The molecule has 0 aromatic heterocycles. The van der Waals surface area contributed by atoms with Gasteiger partial charge in [-0.15, -0.1) is 0 Å². The molecule has 2 heterocycles. The zero-order valence-electron chi connectivity index (χ0n) is 30.2. The maximum Gasteiger partial charge on any atom is 0.340 e. The normalized spacial score (nSPS) is 46.4. The molecule has 2 amide bonds. The average Bonchev–Trinajstić information content (AvgIpc) is 3.64. The Kier molecular flexibility index (Phi) is 8.11. The highest BCUT2D eigenvalue weighted by Crippen LogP contribution is 2.80. The maximum absolute atomic E-state index is 14.1. The number of piperidine rings is 1. The van der Waals surface area contributed by atoms with Crippen LogP contribution in [0.4, 0.5) is 5.69 Å². The Labute approximate surface area is 297 Å². The molecule has 2 N–H and O–H groups in total. The molecule has 7 fully saturated rings. The molecule has 1 spiro atoms. The lowest BCUT2D eigenvalue weighted by Gasteiger charge is -2.70. The molecular weight excluding hydrogens is 660 g/mol. The van der Waals surface area contributed by atoms with Crippen molar-refractivity contribution in [3.05, 3.63) is 29.8 Å². The molecule has 7 aliphatic rings. The lowest BCUT2D eigenvalue weighted by atomic mass is 9.42. The highest BCUT2D eigenvalue weighted by Gasteiger charge is 2.91. The van der Waals surface area contributed by atoms with Crippen LogP contribution in [0.15, 0.2) is 24.3 Å². The number of nitrogens with zero attached hydrogens (tertiary/aromatic N) is 2. The smallest absolute Gasteiger partial charge is 0.340 e. The Bertz CT molecular complexity index is 1650. The second-order valence-corrected chi connectivity index (χ2v) is 16.3. The van der Waals surface area contributed by atoms with E-state index in [1.165, 1.54) is 6.92 Å². The van der Waals surface area contributed by atoms with Crippen LogP contribution in [0, 0.1) is 40.4 Å². The number of hydrogen-bond donors (Lipinski definition) is 2. The van der Waals surface area contributed by atoms with E-state index in [0.717, 1.165) is 4.90 Å². The SMILES string of the molecule is CCN1CC2(COC(=O)c3ccccc3N3C(=O)CC(C)C3=O)CCC(OC)C34C5CC6C(OC(C)=O)CC(O)(C5C6OC)C(O)(C(OC)C23)C14. The summed E-state index contributed by atoms with van der Waals surface area (Å²) in [5.41, 5.74) is -4.67. The van der Waals surface area contributed by atoms with E-state index in [1.807, 2.05) is 6.92 Å². The number of para-hydroxylation sites is 1. The van der Waals surface area contributed by atoms with Crippen molar-refractivity contribution in [1.29, 1.82) is 0 Å². The zero-order valence-corrected chi connectivity index (χ0v) is 30.2. The molecule has 2 saturated heterocycles. The number of carbonyl (C=O) groups excluding carboxylic acids is 4. The van der Waals surface area contributed by atoms with Gasteiger partial charge < -0.3 is 33.9 Å². The Morgan fingerprint density at radius 2 is 1.80 bits per heavy atom. The first-order valence-electron chi connectivity index (χ1n) is 18.4. The first-order valence-corrected chi connectivity index (χ1v) is 18.4. The number of benzene rings is 1. The van der Waals surface area contributed by atoms with Gasteiger partial charge in [0.1, 0.15) is 17.3 Å². The highest BCUT2D eigenvalue weighted by atomic mass is 16.6. The first kappa shape index (κ1) is 35.1. The topological polar surface area (TPSA) is 161 Å². The number of amides is 2. The van der Waals surface area contributed by atoms with E-state index in [0.29, 0.717) is 32.4 Å². The van der Waals surface area contributed by atoms with Gasteiger partial charge in [0.25, 0.3) is 0 Å². The number of likely N-dealkylation sites (tertiary alicyclic amines) is 1. The second kappa shape index (κ2) is 11.8. The first-order chi connectivity index (χ1) is 24.3. The van der Waals surface area contributed by atoms with Gasteiger partial charge in [-0.05, 0) is 43.9 Å². The number of aliphatic hydroxyl groups is 2. The van der Waals surface area contributed by atoms with Crippen LogP contribution < -0.4 is 4.90 Å². The largest absolute Gasteiger partial charge is 0.462 e. The lowest BCUT2D eigenvalue weighted by molar-refractivity contribution is -0.319. The molecule has 14 unspecified atom stereocenters. The van der Waals surface area contributed by atoms with Crippen molar-refractivity contribution in [3.8, 4) is 0 Å². The van der Waals surface area contributed by atoms with Crippen molar-refractivity contribution in [2.75, 3.05) is 45.9 Å². The number of anilines is 1. The number of esters is 2. The zero-order chi connectivity index (χ0) is 36.4. The predicted molar refractivity (Wildman–Crippen MR) is 179 cm³/mol. The van der Waals surface area contributed by atoms with E-state index in [2.05, 4.69) is 4.90 Å². The average molecular weight is 711 g/mol. The van der Waals surface area contributed by atoms with Gasteiger partial charge in [-0.1, -0.05) is 26.0 Å². The summed E-state index contributed by atoms with van der Waals surface area (Å²) in [6, 6.07) is 5.96. The molecule has 7 bridgehead atoms. The number of rotatable bonds is 9. The van der Waals surface area contributed by atoms with E-state index in [-0.39, 0.29) is 66.4 Å². The van der Waals surface area contributed by atoms with Crippen LogP contribution in [-0.2, 0) is 38.1 Å². The Morgan fingerprint density at radius 1 is 1.06 bits per heavy atom. The lowest BCUT2D eigenvalue weighted by Crippen LogP contribution is -2.82. The molecule has 51 heavy (non-hydrogen) atoms. The van der Waals surface area contributed by atoms with Gasteiger partial charge in [-0.2, -0.15) is 0 Å². The molecule has 278 valence electrons. The minimum Gasteiger partial charge on any atom is -0.462 e. The fourth-order valence-electron chi connectivity index (χ4n) is 13.2. The number of fused-ring (bicyclic) bond motifs is 2. The maximum atomic E-state index is 14.1. The summed E-state index contributed by atoms with van der Waals surface area (Å²) in [5.74, 6) is -3.55. The second-order valence-electron chi connectivity index (χ2n) is 16.3. The van der Waals surface area contributed by atoms with Crippen molar-refractivity contribution < 1.29 is 53.1 Å². The standard InChI is InChI=1S/C38H50N2O11/c1-7-39-17-35(18-50-33(44)21-10-8-9-11-24(21)40-27(42)14-19(2)32(40)43)13-12-26(47-4)37-23-15-22-25(51-20(3)41)16-36(45,28(23)29(22)48-5)38(46,34(37)39)31(49-6)30(35)37/h8-11,19,22-23,25-26,28-31,34,45-46H,7,12-18H2,1-6H3. The number of ether oxygens (including phenoxy) is 5. The van der Waals surface area contributed by atoms with Crippen molar-refractivity contribution in [1.82, 2.24) is 4.90 Å². The molecule has 5 aliphatic carbocycles. The van der Waals surface area contributed by atoms with Gasteiger partial charge in [-0.3, -0.25) is 19.3 Å². The number of methoxy groups -OCH3 is 3. The third-order valence-corrected chi connectivity index (χ3v) is 14.5. The molecule has 8 rings (SSSR count). The summed E-state index contributed by atoms with van der Waals surface area (Å²) in [6.45, 7) is 6.10. The van der Waals surface area contributed by atoms with Crippen molar-refractivity contribution >= 4 is 29.4 Å². The van der Waals surface area contributed by atoms with Crippen LogP contribution in [0.3, 0.4) is 0 Å². The van der Waals surface area contributed by atoms with Crippen LogP contribution >= 0.6 is 0 Å². The highest BCUT2D eigenvalue weighted by molar-refractivity contribution is 6.22. The molecule has 13 heteroatoms. The van der Waals surface area contributed by atoms with E-state index in [1.54, 1.807) is 52.5 Å². The van der Waals surface area contributed by atoms with Crippen LogP contribution in [0.1, 0.15) is 63.2 Å². The van der Waals surface area contributed by atoms with Gasteiger partial charge in [0.2, 0.25) is 11.8 Å². The Balaban J connectivity index is 1.23. The molecule has 2 aliphatic heterocycles. The predicted octanol–water partition coefficient (Wildman–Crippen LogP) is 1.95. The molecule has 1 aromatic carbocycles. The fraction of sp³-hybridized carbons (Fsp3) is 0.737. The van der Waals surface area contributed by atoms with Crippen LogP contribution in [-0.4, -0.2) is 122 Å². The van der Waals surface area contributed by atoms with Crippen LogP contribution in [0.25, 0.3) is 0 Å². The summed E-state index contributed by atoms with van der Waals surface area (Å²) in [6.07, 6.45) is -0.365. The monoisotopic (exact) mass is 710 g/mol.